The molecule has 0 aliphatic heterocycles. The summed E-state index contributed by atoms with van der Waals surface area (Å²) in [7, 11) is 0. The second-order valence-electron chi connectivity index (χ2n) is 6.68. The molecule has 3 atom stereocenters. The summed E-state index contributed by atoms with van der Waals surface area (Å²) in [4.78, 5) is 0. The van der Waals surface area contributed by atoms with Crippen LogP contribution in [0.1, 0.15) is 55.3 Å². The molecular weight excluding hydrogens is 266 g/mol. The van der Waals surface area contributed by atoms with Gasteiger partial charge in [-0.05, 0) is 73.7 Å². The Hall–Kier alpha value is -0.530. The van der Waals surface area contributed by atoms with E-state index in [1.54, 1.807) is 0 Å². The van der Waals surface area contributed by atoms with Crippen LogP contribution < -0.4 is 5.32 Å². The van der Waals surface area contributed by atoms with Crippen LogP contribution in [-0.2, 0) is 0 Å². The SMILES string of the molecule is CCNC(c1cc(C)c(C)cc1Cl)C1C2CCCCC21. The summed E-state index contributed by atoms with van der Waals surface area (Å²) in [5.41, 5.74) is 3.98. The van der Waals surface area contributed by atoms with Gasteiger partial charge in [-0.3, -0.25) is 0 Å². The lowest BCUT2D eigenvalue weighted by molar-refractivity contribution is 0.456. The fourth-order valence-corrected chi connectivity index (χ4v) is 4.59. The molecule has 0 radical (unpaired) electrons. The Labute approximate surface area is 128 Å². The fraction of sp³-hybridized carbons (Fsp3) is 0.667. The van der Waals surface area contributed by atoms with Gasteiger partial charge in [-0.25, -0.2) is 0 Å². The number of halogens is 1. The highest BCUT2D eigenvalue weighted by atomic mass is 35.5. The summed E-state index contributed by atoms with van der Waals surface area (Å²) >= 11 is 6.56. The second kappa shape index (κ2) is 5.69. The van der Waals surface area contributed by atoms with Gasteiger partial charge in [-0.2, -0.15) is 0 Å². The van der Waals surface area contributed by atoms with Crippen molar-refractivity contribution < 1.29 is 0 Å². The molecule has 3 unspecified atom stereocenters. The lowest BCUT2D eigenvalue weighted by atomic mass is 9.96. The first-order valence-electron chi connectivity index (χ1n) is 8.13. The molecule has 0 amide bonds. The average molecular weight is 292 g/mol. The van der Waals surface area contributed by atoms with Crippen LogP contribution in [0.25, 0.3) is 0 Å². The van der Waals surface area contributed by atoms with Crippen molar-refractivity contribution in [2.75, 3.05) is 6.54 Å². The smallest absolute Gasteiger partial charge is 0.0456 e. The van der Waals surface area contributed by atoms with Crippen LogP contribution in [0.15, 0.2) is 12.1 Å². The van der Waals surface area contributed by atoms with E-state index < -0.39 is 0 Å². The Kier molecular flexibility index (Phi) is 4.10. The Morgan fingerprint density at radius 1 is 1.15 bits per heavy atom. The summed E-state index contributed by atoms with van der Waals surface area (Å²) in [6.07, 6.45) is 5.72. The van der Waals surface area contributed by atoms with E-state index in [-0.39, 0.29) is 0 Å². The molecule has 2 fully saturated rings. The Balaban J connectivity index is 1.89. The Bertz CT molecular complexity index is 484. The predicted octanol–water partition coefficient (Wildman–Crippen LogP) is 5.04. The highest BCUT2D eigenvalue weighted by Gasteiger charge is 2.54. The van der Waals surface area contributed by atoms with E-state index in [0.717, 1.165) is 29.3 Å². The zero-order valence-corrected chi connectivity index (χ0v) is 13.6. The molecule has 0 aromatic heterocycles. The molecule has 0 heterocycles. The van der Waals surface area contributed by atoms with Crippen LogP contribution in [0.5, 0.6) is 0 Å². The maximum atomic E-state index is 6.56. The van der Waals surface area contributed by atoms with Gasteiger partial charge in [0.25, 0.3) is 0 Å². The summed E-state index contributed by atoms with van der Waals surface area (Å²) in [5, 5.41) is 4.67. The topological polar surface area (TPSA) is 12.0 Å². The lowest BCUT2D eigenvalue weighted by Gasteiger charge is -2.21. The van der Waals surface area contributed by atoms with E-state index in [9.17, 15) is 0 Å². The number of rotatable bonds is 4. The van der Waals surface area contributed by atoms with Crippen molar-refractivity contribution in [2.45, 2.75) is 52.5 Å². The largest absolute Gasteiger partial charge is 0.310 e. The molecule has 1 N–H and O–H groups in total. The molecule has 2 aliphatic carbocycles. The van der Waals surface area contributed by atoms with Crippen molar-refractivity contribution in [1.29, 1.82) is 0 Å². The molecule has 0 bridgehead atoms. The standard InChI is InChI=1S/C18H26ClN/c1-4-20-18(17-13-7-5-6-8-14(13)17)15-9-11(2)12(3)10-16(15)19/h9-10,13-14,17-18,20H,4-8H2,1-3H3. The van der Waals surface area contributed by atoms with Gasteiger partial charge in [0, 0.05) is 11.1 Å². The minimum atomic E-state index is 0.458. The third-order valence-corrected chi connectivity index (χ3v) is 5.81. The lowest BCUT2D eigenvalue weighted by Crippen LogP contribution is -2.24. The van der Waals surface area contributed by atoms with Gasteiger partial charge in [0.2, 0.25) is 0 Å². The molecule has 2 aliphatic rings. The van der Waals surface area contributed by atoms with Crippen LogP contribution in [0.2, 0.25) is 5.02 Å². The Morgan fingerprint density at radius 3 is 2.35 bits per heavy atom. The molecule has 110 valence electrons. The minimum absolute atomic E-state index is 0.458. The van der Waals surface area contributed by atoms with Crippen molar-refractivity contribution in [3.63, 3.8) is 0 Å². The van der Waals surface area contributed by atoms with Crippen LogP contribution in [0.3, 0.4) is 0 Å². The van der Waals surface area contributed by atoms with Gasteiger partial charge >= 0.3 is 0 Å². The van der Waals surface area contributed by atoms with Gasteiger partial charge in [0.15, 0.2) is 0 Å². The number of nitrogens with one attached hydrogen (secondary N) is 1. The summed E-state index contributed by atoms with van der Waals surface area (Å²) in [5.74, 6) is 2.72. The number of benzene rings is 1. The number of fused-ring (bicyclic) bond motifs is 1. The predicted molar refractivity (Wildman–Crippen MR) is 86.3 cm³/mol. The normalized spacial score (nSPS) is 29.9. The van der Waals surface area contributed by atoms with Crippen molar-refractivity contribution in [2.24, 2.45) is 17.8 Å². The van der Waals surface area contributed by atoms with E-state index in [2.05, 4.69) is 38.2 Å². The highest BCUT2D eigenvalue weighted by molar-refractivity contribution is 6.31. The number of hydrogen-bond donors (Lipinski definition) is 1. The van der Waals surface area contributed by atoms with Gasteiger partial charge in [0.1, 0.15) is 0 Å². The van der Waals surface area contributed by atoms with E-state index in [1.165, 1.54) is 42.4 Å². The molecule has 1 aromatic rings. The van der Waals surface area contributed by atoms with Crippen molar-refractivity contribution >= 4 is 11.6 Å². The van der Waals surface area contributed by atoms with Gasteiger partial charge < -0.3 is 5.32 Å². The second-order valence-corrected chi connectivity index (χ2v) is 7.09. The van der Waals surface area contributed by atoms with Crippen LogP contribution in [0.4, 0.5) is 0 Å². The summed E-state index contributed by atoms with van der Waals surface area (Å²) in [6, 6.07) is 4.91. The molecule has 3 rings (SSSR count). The zero-order chi connectivity index (χ0) is 14.3. The molecule has 20 heavy (non-hydrogen) atoms. The van der Waals surface area contributed by atoms with Gasteiger partial charge in [-0.15, -0.1) is 0 Å². The number of aryl methyl sites for hydroxylation is 2. The first-order chi connectivity index (χ1) is 9.63. The third kappa shape index (κ3) is 2.51. The number of hydrogen-bond acceptors (Lipinski definition) is 1. The first kappa shape index (κ1) is 14.4. The molecule has 2 saturated carbocycles. The van der Waals surface area contributed by atoms with Crippen LogP contribution >= 0.6 is 11.6 Å². The molecule has 1 nitrogen and oxygen atoms in total. The van der Waals surface area contributed by atoms with E-state index in [1.807, 2.05) is 0 Å². The molecular formula is C18H26ClN. The first-order valence-corrected chi connectivity index (χ1v) is 8.51. The van der Waals surface area contributed by atoms with E-state index in [0.29, 0.717) is 6.04 Å². The van der Waals surface area contributed by atoms with Crippen LogP contribution in [0, 0.1) is 31.6 Å². The summed E-state index contributed by atoms with van der Waals surface area (Å²) < 4.78 is 0. The minimum Gasteiger partial charge on any atom is -0.310 e. The van der Waals surface area contributed by atoms with Crippen LogP contribution in [-0.4, -0.2) is 6.54 Å². The molecule has 0 spiro atoms. The Morgan fingerprint density at radius 2 is 1.75 bits per heavy atom. The van der Waals surface area contributed by atoms with Gasteiger partial charge in [0.05, 0.1) is 0 Å². The summed E-state index contributed by atoms with van der Waals surface area (Å²) in [6.45, 7) is 7.56. The van der Waals surface area contributed by atoms with Gasteiger partial charge in [-0.1, -0.05) is 37.4 Å². The fourth-order valence-electron chi connectivity index (χ4n) is 4.26. The average Bonchev–Trinajstić information content (AvgIpc) is 3.15. The maximum Gasteiger partial charge on any atom is 0.0456 e. The molecule has 2 heteroatoms. The quantitative estimate of drug-likeness (QED) is 0.819. The third-order valence-electron chi connectivity index (χ3n) is 5.48. The van der Waals surface area contributed by atoms with Crippen molar-refractivity contribution in [3.8, 4) is 0 Å². The monoisotopic (exact) mass is 291 g/mol. The maximum absolute atomic E-state index is 6.56. The van der Waals surface area contributed by atoms with E-state index in [4.69, 9.17) is 11.6 Å². The van der Waals surface area contributed by atoms with Crippen molar-refractivity contribution in [1.82, 2.24) is 5.32 Å². The molecule has 1 aromatic carbocycles. The highest BCUT2D eigenvalue weighted by Crippen LogP contribution is 2.60. The molecule has 0 saturated heterocycles. The zero-order valence-electron chi connectivity index (χ0n) is 12.9. The van der Waals surface area contributed by atoms with Crippen molar-refractivity contribution in [3.05, 3.63) is 33.8 Å². The van der Waals surface area contributed by atoms with E-state index >= 15 is 0 Å².